The zero-order valence-electron chi connectivity index (χ0n) is 10.5. The van der Waals surface area contributed by atoms with Crippen LogP contribution in [0.3, 0.4) is 0 Å². The third-order valence-electron chi connectivity index (χ3n) is 2.06. The maximum absolute atomic E-state index is 10.4. The van der Waals surface area contributed by atoms with Gasteiger partial charge in [0.1, 0.15) is 12.4 Å². The van der Waals surface area contributed by atoms with Gasteiger partial charge in [0.2, 0.25) is 0 Å². The summed E-state index contributed by atoms with van der Waals surface area (Å²) < 4.78 is 6.29. The molecule has 0 aromatic carbocycles. The molecule has 0 amide bonds. The second-order valence-corrected chi connectivity index (χ2v) is 3.41. The Morgan fingerprint density at radius 1 is 1.74 bits per heavy atom. The average Bonchev–Trinajstić information content (AvgIpc) is 2.78. The minimum atomic E-state index is -0.489. The van der Waals surface area contributed by atoms with E-state index in [1.807, 2.05) is 0 Å². The first-order chi connectivity index (χ1) is 8.63. The Kier molecular flexibility index (Phi) is 8.78. The second-order valence-electron chi connectivity index (χ2n) is 3.41. The van der Waals surface area contributed by atoms with Crippen molar-refractivity contribution < 1.29 is 9.66 Å². The lowest BCUT2D eigenvalue weighted by Gasteiger charge is -2.05. The summed E-state index contributed by atoms with van der Waals surface area (Å²) in [5.74, 6) is 0.314. The van der Waals surface area contributed by atoms with Gasteiger partial charge in [0.15, 0.2) is 5.96 Å². The highest BCUT2D eigenvalue weighted by Gasteiger charge is 2.07. The minimum Gasteiger partial charge on any atom is -0.383 e. The highest BCUT2D eigenvalue weighted by molar-refractivity contribution is 14.0. The average molecular weight is 384 g/mol. The van der Waals surface area contributed by atoms with E-state index in [0.717, 1.165) is 0 Å². The molecule has 0 radical (unpaired) electrons. The van der Waals surface area contributed by atoms with Gasteiger partial charge in [-0.15, -0.1) is 24.0 Å². The summed E-state index contributed by atoms with van der Waals surface area (Å²) in [5.41, 5.74) is 5.55. The number of ether oxygens (including phenoxy) is 1. The SMILES string of the molecule is COCCN=C(N)NCCn1cc([N+](=O)[O-])cn1.I. The molecule has 0 spiro atoms. The number of aromatic nitrogens is 2. The highest BCUT2D eigenvalue weighted by Crippen LogP contribution is 2.06. The van der Waals surface area contributed by atoms with Crippen molar-refractivity contribution in [1.82, 2.24) is 15.1 Å². The predicted octanol–water partition coefficient (Wildman–Crippen LogP) is -0.0400. The van der Waals surface area contributed by atoms with E-state index in [9.17, 15) is 10.1 Å². The number of nitrogens with one attached hydrogen (secondary N) is 1. The van der Waals surface area contributed by atoms with Gasteiger partial charge in [-0.1, -0.05) is 0 Å². The Morgan fingerprint density at radius 3 is 3.05 bits per heavy atom. The quantitative estimate of drug-likeness (QED) is 0.170. The van der Waals surface area contributed by atoms with Crippen LogP contribution < -0.4 is 11.1 Å². The van der Waals surface area contributed by atoms with Crippen molar-refractivity contribution >= 4 is 35.6 Å². The van der Waals surface area contributed by atoms with E-state index in [1.165, 1.54) is 17.1 Å². The smallest absolute Gasteiger partial charge is 0.306 e. The molecule has 1 aromatic heterocycles. The Hall–Kier alpha value is -1.43. The third kappa shape index (κ3) is 6.91. The van der Waals surface area contributed by atoms with E-state index >= 15 is 0 Å². The lowest BCUT2D eigenvalue weighted by Crippen LogP contribution is -2.34. The van der Waals surface area contributed by atoms with Gasteiger partial charge < -0.3 is 15.8 Å². The van der Waals surface area contributed by atoms with Gasteiger partial charge >= 0.3 is 5.69 Å². The van der Waals surface area contributed by atoms with Crippen LogP contribution in [0.5, 0.6) is 0 Å². The number of hydrogen-bond donors (Lipinski definition) is 2. The van der Waals surface area contributed by atoms with Crippen molar-refractivity contribution in [2.45, 2.75) is 6.54 Å². The lowest BCUT2D eigenvalue weighted by atomic mass is 10.6. The van der Waals surface area contributed by atoms with Gasteiger partial charge in [-0.05, 0) is 0 Å². The maximum Gasteiger partial charge on any atom is 0.306 e. The van der Waals surface area contributed by atoms with Gasteiger partial charge in [-0.2, -0.15) is 5.10 Å². The molecule has 10 heteroatoms. The molecule has 108 valence electrons. The number of nitro groups is 1. The van der Waals surface area contributed by atoms with E-state index in [0.29, 0.717) is 32.2 Å². The van der Waals surface area contributed by atoms with Crippen LogP contribution in [-0.2, 0) is 11.3 Å². The summed E-state index contributed by atoms with van der Waals surface area (Å²) in [7, 11) is 1.59. The van der Waals surface area contributed by atoms with E-state index in [-0.39, 0.29) is 29.7 Å². The summed E-state index contributed by atoms with van der Waals surface area (Å²) >= 11 is 0. The lowest BCUT2D eigenvalue weighted by molar-refractivity contribution is -0.385. The minimum absolute atomic E-state index is 0. The molecule has 0 unspecified atom stereocenters. The van der Waals surface area contributed by atoms with Crippen LogP contribution in [0.1, 0.15) is 0 Å². The van der Waals surface area contributed by atoms with E-state index in [2.05, 4.69) is 15.4 Å². The van der Waals surface area contributed by atoms with Crippen LogP contribution in [0.2, 0.25) is 0 Å². The largest absolute Gasteiger partial charge is 0.383 e. The molecule has 9 nitrogen and oxygen atoms in total. The van der Waals surface area contributed by atoms with Crippen LogP contribution in [0, 0.1) is 10.1 Å². The number of nitrogens with two attached hydrogens (primary N) is 1. The van der Waals surface area contributed by atoms with Gasteiger partial charge in [-0.25, -0.2) is 0 Å². The molecule has 0 aliphatic heterocycles. The maximum atomic E-state index is 10.4. The Balaban J connectivity index is 0.00000324. The van der Waals surface area contributed by atoms with E-state index < -0.39 is 4.92 Å². The molecule has 0 atom stereocenters. The number of rotatable bonds is 7. The zero-order valence-corrected chi connectivity index (χ0v) is 12.8. The molecule has 0 fully saturated rings. The number of guanidine groups is 1. The number of halogens is 1. The van der Waals surface area contributed by atoms with Crippen LogP contribution in [0.25, 0.3) is 0 Å². The summed E-state index contributed by atoms with van der Waals surface area (Å²) in [6, 6.07) is 0. The van der Waals surface area contributed by atoms with Crippen LogP contribution >= 0.6 is 24.0 Å². The second kappa shape index (κ2) is 9.49. The number of hydrogen-bond acceptors (Lipinski definition) is 5. The Morgan fingerprint density at radius 2 is 2.47 bits per heavy atom. The Bertz CT molecular complexity index is 422. The molecule has 0 saturated heterocycles. The first-order valence-corrected chi connectivity index (χ1v) is 5.33. The molecular formula is C9H17IN6O3. The fourth-order valence-electron chi connectivity index (χ4n) is 1.18. The monoisotopic (exact) mass is 384 g/mol. The molecular weight excluding hydrogens is 367 g/mol. The standard InChI is InChI=1S/C9H16N6O3.HI/c1-18-5-3-12-9(10)11-2-4-14-7-8(6-13-14)15(16)17;/h6-7H,2-5H2,1H3,(H3,10,11,12);1H. The van der Waals surface area contributed by atoms with Crippen molar-refractivity contribution in [1.29, 1.82) is 0 Å². The summed E-state index contributed by atoms with van der Waals surface area (Å²) in [4.78, 5) is 13.9. The molecule has 3 N–H and O–H groups in total. The first kappa shape index (κ1) is 17.6. The van der Waals surface area contributed by atoms with E-state index in [4.69, 9.17) is 10.5 Å². The van der Waals surface area contributed by atoms with Crippen molar-refractivity contribution in [2.75, 3.05) is 26.8 Å². The van der Waals surface area contributed by atoms with Crippen LogP contribution in [0.4, 0.5) is 5.69 Å². The zero-order chi connectivity index (χ0) is 13.4. The van der Waals surface area contributed by atoms with Crippen LogP contribution in [-0.4, -0.2) is 47.5 Å². The number of nitrogens with zero attached hydrogens (tertiary/aromatic N) is 4. The first-order valence-electron chi connectivity index (χ1n) is 5.33. The van der Waals surface area contributed by atoms with Crippen LogP contribution in [0.15, 0.2) is 17.4 Å². The van der Waals surface area contributed by atoms with E-state index in [1.54, 1.807) is 7.11 Å². The summed E-state index contributed by atoms with van der Waals surface area (Å²) in [5, 5.41) is 17.1. The van der Waals surface area contributed by atoms with Crippen molar-refractivity contribution in [3.05, 3.63) is 22.5 Å². The normalized spacial score (nSPS) is 10.9. The Labute approximate surface area is 127 Å². The van der Waals surface area contributed by atoms with Gasteiger partial charge in [0.25, 0.3) is 0 Å². The van der Waals surface area contributed by atoms with Gasteiger partial charge in [0, 0.05) is 13.7 Å². The summed E-state index contributed by atoms with van der Waals surface area (Å²) in [6.45, 7) is 1.95. The molecule has 0 bridgehead atoms. The van der Waals surface area contributed by atoms with Crippen molar-refractivity contribution in [3.8, 4) is 0 Å². The molecule has 19 heavy (non-hydrogen) atoms. The molecule has 0 saturated carbocycles. The van der Waals surface area contributed by atoms with Gasteiger partial charge in [-0.3, -0.25) is 19.8 Å². The molecule has 1 rings (SSSR count). The fourth-order valence-corrected chi connectivity index (χ4v) is 1.18. The molecule has 1 heterocycles. The summed E-state index contributed by atoms with van der Waals surface area (Å²) in [6.07, 6.45) is 2.57. The number of methoxy groups -OCH3 is 1. The predicted molar refractivity (Wildman–Crippen MR) is 80.7 cm³/mol. The molecule has 0 aliphatic carbocycles. The van der Waals surface area contributed by atoms with Crippen molar-refractivity contribution in [2.24, 2.45) is 10.7 Å². The molecule has 1 aromatic rings. The topological polar surface area (TPSA) is 121 Å². The third-order valence-corrected chi connectivity index (χ3v) is 2.06. The van der Waals surface area contributed by atoms with Gasteiger partial charge in [0.05, 0.1) is 24.6 Å². The highest BCUT2D eigenvalue weighted by atomic mass is 127. The molecule has 0 aliphatic rings. The number of aliphatic imine (C=N–C) groups is 1. The van der Waals surface area contributed by atoms with Crippen molar-refractivity contribution in [3.63, 3.8) is 0 Å². The fraction of sp³-hybridized carbons (Fsp3) is 0.556.